The van der Waals surface area contributed by atoms with E-state index in [1.54, 1.807) is 55.5 Å². The molecule has 1 aliphatic heterocycles. The molecule has 1 aliphatic rings. The average Bonchev–Trinajstić information content (AvgIpc) is 2.77. The fourth-order valence-corrected chi connectivity index (χ4v) is 3.00. The number of phenolic OH excluding ortho intramolecular Hbond substituents is 1. The van der Waals surface area contributed by atoms with Crippen LogP contribution in [0.3, 0.4) is 0 Å². The van der Waals surface area contributed by atoms with Gasteiger partial charge in [0.2, 0.25) is 0 Å². The van der Waals surface area contributed by atoms with Crippen molar-refractivity contribution in [2.24, 2.45) is 5.10 Å². The predicted octanol–water partition coefficient (Wildman–Crippen LogP) is 1.62. The predicted molar refractivity (Wildman–Crippen MR) is 113 cm³/mol. The first-order chi connectivity index (χ1) is 14.5. The van der Waals surface area contributed by atoms with E-state index in [-0.39, 0.29) is 18.3 Å². The summed E-state index contributed by atoms with van der Waals surface area (Å²) in [5.74, 6) is 0.412. The molecular formula is C22H27N3O5. The summed E-state index contributed by atoms with van der Waals surface area (Å²) in [4.78, 5) is 14.4. The third-order valence-electron chi connectivity index (χ3n) is 4.74. The number of aliphatic hydroxyl groups is 1. The Hall–Kier alpha value is -2.94. The first kappa shape index (κ1) is 21.8. The number of nitrogens with zero attached hydrogens (tertiary/aromatic N) is 2. The fraction of sp³-hybridized carbons (Fsp3) is 0.364. The second kappa shape index (κ2) is 10.7. The number of carbonyl (C=O) groups is 1. The zero-order valence-corrected chi connectivity index (χ0v) is 17.0. The third kappa shape index (κ3) is 6.55. The molecule has 1 amide bonds. The zero-order valence-electron chi connectivity index (χ0n) is 17.0. The lowest BCUT2D eigenvalue weighted by molar-refractivity contribution is 0.00465. The lowest BCUT2D eigenvalue weighted by Crippen LogP contribution is -2.42. The Morgan fingerprint density at radius 1 is 1.13 bits per heavy atom. The van der Waals surface area contributed by atoms with Crippen LogP contribution >= 0.6 is 0 Å². The van der Waals surface area contributed by atoms with Gasteiger partial charge in [-0.1, -0.05) is 0 Å². The van der Waals surface area contributed by atoms with E-state index < -0.39 is 6.10 Å². The van der Waals surface area contributed by atoms with E-state index in [9.17, 15) is 15.0 Å². The average molecular weight is 413 g/mol. The first-order valence-electron chi connectivity index (χ1n) is 9.86. The van der Waals surface area contributed by atoms with Gasteiger partial charge in [-0.05, 0) is 61.0 Å². The number of phenols is 1. The molecule has 1 fully saturated rings. The summed E-state index contributed by atoms with van der Waals surface area (Å²) in [6.07, 6.45) is -0.594. The number of aromatic hydroxyl groups is 1. The quantitative estimate of drug-likeness (QED) is 0.449. The maximum Gasteiger partial charge on any atom is 0.271 e. The monoisotopic (exact) mass is 413 g/mol. The van der Waals surface area contributed by atoms with Crippen LogP contribution in [-0.4, -0.2) is 72.3 Å². The molecule has 1 saturated heterocycles. The van der Waals surface area contributed by atoms with Crippen LogP contribution in [0, 0.1) is 0 Å². The number of aliphatic hydroxyl groups excluding tert-OH is 1. The molecule has 0 saturated carbocycles. The summed E-state index contributed by atoms with van der Waals surface area (Å²) in [6.45, 7) is 5.50. The van der Waals surface area contributed by atoms with Crippen molar-refractivity contribution < 1.29 is 24.5 Å². The number of hydrazone groups is 1. The first-order valence-corrected chi connectivity index (χ1v) is 9.86. The van der Waals surface area contributed by atoms with Gasteiger partial charge < -0.3 is 19.7 Å². The number of nitrogens with one attached hydrogen (secondary N) is 1. The van der Waals surface area contributed by atoms with Gasteiger partial charge in [-0.25, -0.2) is 5.43 Å². The molecule has 8 nitrogen and oxygen atoms in total. The summed E-state index contributed by atoms with van der Waals surface area (Å²) in [5, 5.41) is 23.6. The highest BCUT2D eigenvalue weighted by Crippen LogP contribution is 2.13. The number of amides is 1. The van der Waals surface area contributed by atoms with E-state index in [0.29, 0.717) is 36.8 Å². The van der Waals surface area contributed by atoms with Gasteiger partial charge in [-0.2, -0.15) is 5.10 Å². The molecule has 3 N–H and O–H groups in total. The minimum absolute atomic E-state index is 0.173. The van der Waals surface area contributed by atoms with Gasteiger partial charge in [0.25, 0.3) is 5.91 Å². The number of morpholine rings is 1. The lowest BCUT2D eigenvalue weighted by Gasteiger charge is -2.28. The molecule has 0 aromatic heterocycles. The topological polar surface area (TPSA) is 104 Å². The van der Waals surface area contributed by atoms with Gasteiger partial charge in [-0.15, -0.1) is 0 Å². The van der Waals surface area contributed by atoms with Crippen molar-refractivity contribution in [3.05, 3.63) is 59.7 Å². The second-order valence-corrected chi connectivity index (χ2v) is 7.09. The molecule has 8 heteroatoms. The van der Waals surface area contributed by atoms with Crippen molar-refractivity contribution >= 4 is 11.6 Å². The number of hydrogen-bond acceptors (Lipinski definition) is 7. The van der Waals surface area contributed by atoms with Crippen LogP contribution in [0.4, 0.5) is 0 Å². The summed E-state index contributed by atoms with van der Waals surface area (Å²) >= 11 is 0. The lowest BCUT2D eigenvalue weighted by atomic mass is 10.1. The van der Waals surface area contributed by atoms with E-state index in [0.717, 1.165) is 18.7 Å². The molecular weight excluding hydrogens is 386 g/mol. The van der Waals surface area contributed by atoms with Gasteiger partial charge >= 0.3 is 0 Å². The van der Waals surface area contributed by atoms with Crippen molar-refractivity contribution in [3.8, 4) is 11.5 Å². The second-order valence-electron chi connectivity index (χ2n) is 7.09. The third-order valence-corrected chi connectivity index (χ3v) is 4.74. The van der Waals surface area contributed by atoms with Gasteiger partial charge in [0.15, 0.2) is 0 Å². The molecule has 0 spiro atoms. The molecule has 1 heterocycles. The summed E-state index contributed by atoms with van der Waals surface area (Å²) < 4.78 is 10.9. The van der Waals surface area contributed by atoms with Crippen molar-refractivity contribution in [2.45, 2.75) is 13.0 Å². The number of rotatable bonds is 8. The molecule has 0 bridgehead atoms. The van der Waals surface area contributed by atoms with Crippen LogP contribution < -0.4 is 10.2 Å². The minimum Gasteiger partial charge on any atom is -0.508 e. The normalized spacial score (nSPS) is 16.1. The van der Waals surface area contributed by atoms with Crippen LogP contribution in [-0.2, 0) is 4.74 Å². The van der Waals surface area contributed by atoms with E-state index in [1.807, 2.05) is 0 Å². The van der Waals surface area contributed by atoms with E-state index >= 15 is 0 Å². The van der Waals surface area contributed by atoms with E-state index in [2.05, 4.69) is 15.4 Å². The van der Waals surface area contributed by atoms with Crippen molar-refractivity contribution in [1.29, 1.82) is 0 Å². The molecule has 0 unspecified atom stereocenters. The van der Waals surface area contributed by atoms with Crippen LogP contribution in [0.1, 0.15) is 22.8 Å². The molecule has 0 radical (unpaired) electrons. The minimum atomic E-state index is -0.594. The fourth-order valence-electron chi connectivity index (χ4n) is 3.00. The summed E-state index contributed by atoms with van der Waals surface area (Å²) in [5.41, 5.74) is 4.38. The Balaban J connectivity index is 1.46. The van der Waals surface area contributed by atoms with Gasteiger partial charge in [-0.3, -0.25) is 9.69 Å². The Morgan fingerprint density at radius 3 is 2.43 bits per heavy atom. The molecule has 0 aliphatic carbocycles. The number of β-amino-alcohol motifs (C(OH)–C–C–N with tert-alkyl or cyclic N) is 1. The highest BCUT2D eigenvalue weighted by molar-refractivity contribution is 6.00. The van der Waals surface area contributed by atoms with E-state index in [1.165, 1.54) is 0 Å². The zero-order chi connectivity index (χ0) is 21.3. The van der Waals surface area contributed by atoms with Gasteiger partial charge in [0.1, 0.15) is 24.2 Å². The number of benzene rings is 2. The Bertz CT molecular complexity index is 846. The van der Waals surface area contributed by atoms with Gasteiger partial charge in [0.05, 0.1) is 18.9 Å². The van der Waals surface area contributed by atoms with Crippen molar-refractivity contribution in [3.63, 3.8) is 0 Å². The molecule has 3 rings (SSSR count). The molecule has 2 aromatic rings. The largest absolute Gasteiger partial charge is 0.508 e. The summed E-state index contributed by atoms with van der Waals surface area (Å²) in [6, 6.07) is 13.2. The summed E-state index contributed by atoms with van der Waals surface area (Å²) in [7, 11) is 0. The van der Waals surface area contributed by atoms with Crippen molar-refractivity contribution in [1.82, 2.24) is 10.3 Å². The highest BCUT2D eigenvalue weighted by atomic mass is 16.5. The highest BCUT2D eigenvalue weighted by Gasteiger charge is 2.15. The Kier molecular flexibility index (Phi) is 7.78. The molecule has 1 atom stereocenters. The maximum absolute atomic E-state index is 12.3. The van der Waals surface area contributed by atoms with Crippen LogP contribution in [0.2, 0.25) is 0 Å². The maximum atomic E-state index is 12.3. The van der Waals surface area contributed by atoms with Gasteiger partial charge in [0, 0.05) is 25.2 Å². The SMILES string of the molecule is C/C(=N\NC(=O)c1ccc(OC[C@H](O)CN2CCOCC2)cc1)c1ccc(O)cc1. The number of ether oxygens (including phenoxy) is 2. The van der Waals surface area contributed by atoms with Crippen LogP contribution in [0.5, 0.6) is 11.5 Å². The standard InChI is InChI=1S/C22H27N3O5/c1-16(17-2-6-19(26)7-3-17)23-24-22(28)18-4-8-21(9-5-18)30-15-20(27)14-25-10-12-29-13-11-25/h2-9,20,26-27H,10-15H2,1H3,(H,24,28)/b23-16+/t20-/m1/s1. The van der Waals surface area contributed by atoms with Crippen LogP contribution in [0.15, 0.2) is 53.6 Å². The smallest absolute Gasteiger partial charge is 0.271 e. The molecule has 30 heavy (non-hydrogen) atoms. The number of hydrogen-bond donors (Lipinski definition) is 3. The molecule has 160 valence electrons. The van der Waals surface area contributed by atoms with Crippen LogP contribution in [0.25, 0.3) is 0 Å². The molecule has 2 aromatic carbocycles. The van der Waals surface area contributed by atoms with Crippen molar-refractivity contribution in [2.75, 3.05) is 39.5 Å². The van der Waals surface area contributed by atoms with E-state index in [4.69, 9.17) is 9.47 Å². The Morgan fingerprint density at radius 2 is 1.77 bits per heavy atom. The Labute approximate surface area is 175 Å². The number of carbonyl (C=O) groups excluding carboxylic acids is 1.